The van der Waals surface area contributed by atoms with Crippen LogP contribution in [0.1, 0.15) is 24.0 Å². The summed E-state index contributed by atoms with van der Waals surface area (Å²) >= 11 is 12.0. The van der Waals surface area contributed by atoms with Crippen LogP contribution in [0, 0.1) is 5.92 Å². The van der Waals surface area contributed by atoms with Crippen molar-refractivity contribution in [3.63, 3.8) is 0 Å². The highest BCUT2D eigenvalue weighted by Crippen LogP contribution is 2.30. The molecule has 1 fully saturated rings. The third kappa shape index (κ3) is 4.80. The van der Waals surface area contributed by atoms with Crippen LogP contribution < -0.4 is 15.0 Å². The van der Waals surface area contributed by atoms with E-state index >= 15 is 0 Å². The number of ether oxygens (including phenoxy) is 1. The molecule has 2 aromatic rings. The molecule has 0 unspecified atom stereocenters. The van der Waals surface area contributed by atoms with Gasteiger partial charge in [-0.25, -0.2) is 0 Å². The summed E-state index contributed by atoms with van der Waals surface area (Å²) in [5.74, 6) is 0.787. The van der Waals surface area contributed by atoms with Crippen molar-refractivity contribution in [2.45, 2.75) is 31.8 Å². The number of fused-ring (bicyclic) bond motifs is 1. The number of hydrogen-bond acceptors (Lipinski definition) is 2. The van der Waals surface area contributed by atoms with Gasteiger partial charge in [-0.15, -0.1) is 0 Å². The summed E-state index contributed by atoms with van der Waals surface area (Å²) < 4.78 is 5.76. The first kappa shape index (κ1) is 19.6. The first-order valence-corrected chi connectivity index (χ1v) is 10.6. The second kappa shape index (κ2) is 8.73. The Kier molecular flexibility index (Phi) is 6.10. The lowest BCUT2D eigenvalue weighted by atomic mass is 9.95. The molecule has 0 radical (unpaired) electrons. The Morgan fingerprint density at radius 1 is 1.07 bits per heavy atom. The number of amides is 1. The zero-order valence-electron chi connectivity index (χ0n) is 15.7. The van der Waals surface area contributed by atoms with Crippen LogP contribution in [0.5, 0.6) is 5.75 Å². The molecule has 1 saturated heterocycles. The lowest BCUT2D eigenvalue weighted by Gasteiger charge is -2.31. The Balaban J connectivity index is 1.25. The Labute approximate surface area is 175 Å². The van der Waals surface area contributed by atoms with Gasteiger partial charge in [0.1, 0.15) is 18.9 Å². The summed E-state index contributed by atoms with van der Waals surface area (Å²) in [4.78, 5) is 14.3. The second-order valence-corrected chi connectivity index (χ2v) is 8.67. The Hall–Kier alpha value is -1.75. The standard InChI is InChI=1S/C22H24Cl2N2O2/c23-18-3-1-15(2-4-18)13-26-9-7-20(8-10-26)25-22(27)17-11-16-12-19(24)5-6-21(16)28-14-17/h1-6,12,17,20H,7-11,13-14H2,(H,25,27)/p+1/t17-/m1/s1. The van der Waals surface area contributed by atoms with Gasteiger partial charge in [-0.2, -0.15) is 0 Å². The molecule has 0 bridgehead atoms. The molecule has 28 heavy (non-hydrogen) atoms. The zero-order chi connectivity index (χ0) is 19.5. The SMILES string of the molecule is O=C(NC1CC[NH+](Cc2ccc(Cl)cc2)CC1)[C@H]1COc2ccc(Cl)cc2C1. The van der Waals surface area contributed by atoms with Crippen molar-refractivity contribution in [2.24, 2.45) is 5.92 Å². The van der Waals surface area contributed by atoms with Gasteiger partial charge >= 0.3 is 0 Å². The first-order valence-electron chi connectivity index (χ1n) is 9.86. The molecule has 2 aliphatic rings. The predicted molar refractivity (Wildman–Crippen MR) is 111 cm³/mol. The van der Waals surface area contributed by atoms with Gasteiger partial charge in [-0.3, -0.25) is 4.79 Å². The highest BCUT2D eigenvalue weighted by atomic mass is 35.5. The highest BCUT2D eigenvalue weighted by Gasteiger charge is 2.29. The monoisotopic (exact) mass is 419 g/mol. The fourth-order valence-electron chi connectivity index (χ4n) is 4.09. The molecule has 0 aliphatic carbocycles. The summed E-state index contributed by atoms with van der Waals surface area (Å²) in [5.41, 5.74) is 2.32. The summed E-state index contributed by atoms with van der Waals surface area (Å²) in [6.07, 6.45) is 2.69. The molecular formula is C22H25Cl2N2O2+. The van der Waals surface area contributed by atoms with Crippen molar-refractivity contribution in [3.8, 4) is 5.75 Å². The molecule has 0 saturated carbocycles. The third-order valence-corrected chi connectivity index (χ3v) is 6.19. The number of benzene rings is 2. The molecule has 2 aromatic carbocycles. The fourth-order valence-corrected chi connectivity index (χ4v) is 4.41. The molecule has 2 N–H and O–H groups in total. The predicted octanol–water partition coefficient (Wildman–Crippen LogP) is 2.91. The molecule has 2 aliphatic heterocycles. The summed E-state index contributed by atoms with van der Waals surface area (Å²) in [6, 6.07) is 13.9. The van der Waals surface area contributed by atoms with Gasteiger partial charge < -0.3 is 15.0 Å². The van der Waals surface area contributed by atoms with E-state index < -0.39 is 0 Å². The molecule has 4 nitrogen and oxygen atoms in total. The maximum Gasteiger partial charge on any atom is 0.227 e. The number of hydrogen-bond donors (Lipinski definition) is 2. The maximum atomic E-state index is 12.7. The number of rotatable bonds is 4. The van der Waals surface area contributed by atoms with Gasteiger partial charge in [0.2, 0.25) is 5.91 Å². The van der Waals surface area contributed by atoms with Crippen molar-refractivity contribution < 1.29 is 14.4 Å². The van der Waals surface area contributed by atoms with E-state index in [0.717, 1.165) is 48.8 Å². The van der Waals surface area contributed by atoms with Crippen molar-refractivity contribution in [3.05, 3.63) is 63.6 Å². The van der Waals surface area contributed by atoms with E-state index in [-0.39, 0.29) is 17.9 Å². The first-order chi connectivity index (χ1) is 13.6. The molecule has 4 rings (SSSR count). The van der Waals surface area contributed by atoms with Crippen molar-refractivity contribution in [2.75, 3.05) is 19.7 Å². The number of quaternary nitrogens is 1. The van der Waals surface area contributed by atoms with Crippen LogP contribution in [0.4, 0.5) is 0 Å². The third-order valence-electron chi connectivity index (χ3n) is 5.71. The molecule has 1 amide bonds. The molecule has 6 heteroatoms. The Morgan fingerprint density at radius 2 is 1.79 bits per heavy atom. The van der Waals surface area contributed by atoms with E-state index in [1.165, 1.54) is 5.56 Å². The largest absolute Gasteiger partial charge is 0.492 e. The summed E-state index contributed by atoms with van der Waals surface area (Å²) in [5, 5.41) is 4.70. The lowest BCUT2D eigenvalue weighted by molar-refractivity contribution is -0.918. The average Bonchev–Trinajstić information content (AvgIpc) is 2.70. The number of halogens is 2. The lowest BCUT2D eigenvalue weighted by Crippen LogP contribution is -3.12. The smallest absolute Gasteiger partial charge is 0.227 e. The maximum absolute atomic E-state index is 12.7. The second-order valence-electron chi connectivity index (χ2n) is 7.80. The number of carbonyl (C=O) groups excluding carboxylic acids is 1. The Morgan fingerprint density at radius 3 is 2.54 bits per heavy atom. The van der Waals surface area contributed by atoms with Gasteiger partial charge in [-0.1, -0.05) is 35.3 Å². The molecular weight excluding hydrogens is 395 g/mol. The zero-order valence-corrected chi connectivity index (χ0v) is 17.2. The summed E-state index contributed by atoms with van der Waals surface area (Å²) in [6.45, 7) is 3.56. The molecule has 0 aromatic heterocycles. The van der Waals surface area contributed by atoms with Crippen molar-refractivity contribution in [1.29, 1.82) is 0 Å². The van der Waals surface area contributed by atoms with Crippen LogP contribution in [-0.4, -0.2) is 31.6 Å². The van der Waals surface area contributed by atoms with Crippen LogP contribution >= 0.6 is 23.2 Å². The van der Waals surface area contributed by atoms with Gasteiger partial charge in [0.15, 0.2) is 0 Å². The van der Waals surface area contributed by atoms with E-state index in [0.29, 0.717) is 18.1 Å². The van der Waals surface area contributed by atoms with Crippen LogP contribution in [0.25, 0.3) is 0 Å². The topological polar surface area (TPSA) is 42.8 Å². The number of nitrogens with one attached hydrogen (secondary N) is 2. The minimum absolute atomic E-state index is 0.0942. The minimum atomic E-state index is -0.148. The van der Waals surface area contributed by atoms with E-state index in [9.17, 15) is 4.79 Å². The fraction of sp³-hybridized carbons (Fsp3) is 0.409. The van der Waals surface area contributed by atoms with E-state index in [2.05, 4.69) is 17.4 Å². The van der Waals surface area contributed by atoms with Gasteiger partial charge in [0.25, 0.3) is 0 Å². The van der Waals surface area contributed by atoms with E-state index in [1.807, 2.05) is 30.3 Å². The van der Waals surface area contributed by atoms with Crippen molar-refractivity contribution in [1.82, 2.24) is 5.32 Å². The quantitative estimate of drug-likeness (QED) is 0.799. The molecule has 0 spiro atoms. The van der Waals surface area contributed by atoms with E-state index in [1.54, 1.807) is 4.90 Å². The molecule has 2 heterocycles. The van der Waals surface area contributed by atoms with Crippen LogP contribution in [0.15, 0.2) is 42.5 Å². The minimum Gasteiger partial charge on any atom is -0.492 e. The van der Waals surface area contributed by atoms with Gasteiger partial charge in [0, 0.05) is 34.5 Å². The van der Waals surface area contributed by atoms with Crippen LogP contribution in [0.3, 0.4) is 0 Å². The Bertz CT molecular complexity index is 833. The molecule has 148 valence electrons. The van der Waals surface area contributed by atoms with E-state index in [4.69, 9.17) is 27.9 Å². The number of likely N-dealkylation sites (tertiary alicyclic amines) is 1. The average molecular weight is 420 g/mol. The van der Waals surface area contributed by atoms with Gasteiger partial charge in [0.05, 0.1) is 19.0 Å². The number of carbonyl (C=O) groups is 1. The number of piperidine rings is 1. The van der Waals surface area contributed by atoms with Crippen LogP contribution in [-0.2, 0) is 17.8 Å². The highest BCUT2D eigenvalue weighted by molar-refractivity contribution is 6.30. The van der Waals surface area contributed by atoms with Crippen molar-refractivity contribution >= 4 is 29.1 Å². The molecule has 1 atom stereocenters. The van der Waals surface area contributed by atoms with Crippen LogP contribution in [0.2, 0.25) is 10.0 Å². The summed E-state index contributed by atoms with van der Waals surface area (Å²) in [7, 11) is 0. The van der Waals surface area contributed by atoms with Gasteiger partial charge in [-0.05, 0) is 42.3 Å². The normalized spacial score (nSPS) is 24.1.